The highest BCUT2D eigenvalue weighted by Gasteiger charge is 2.30. The zero-order valence-electron chi connectivity index (χ0n) is 18.5. The quantitative estimate of drug-likeness (QED) is 0.287. The molecule has 174 valence electrons. The molecule has 1 fully saturated rings. The largest absolute Gasteiger partial charge is 0.486 e. The molecule has 1 aliphatic carbocycles. The van der Waals surface area contributed by atoms with E-state index in [-0.39, 0.29) is 12.5 Å². The summed E-state index contributed by atoms with van der Waals surface area (Å²) in [6, 6.07) is 13.2. The average Bonchev–Trinajstić information content (AvgIpc) is 3.53. The fourth-order valence-corrected chi connectivity index (χ4v) is 4.99. The minimum atomic E-state index is -0.845. The molecule has 34 heavy (non-hydrogen) atoms. The summed E-state index contributed by atoms with van der Waals surface area (Å²) in [5.74, 6) is 0.308. The first-order valence-corrected chi connectivity index (χ1v) is 11.9. The number of halogens is 2. The van der Waals surface area contributed by atoms with Crippen LogP contribution < -0.4 is 4.74 Å². The first kappa shape index (κ1) is 22.7. The third kappa shape index (κ3) is 4.61. The highest BCUT2D eigenvalue weighted by molar-refractivity contribution is 6.36. The second-order valence-corrected chi connectivity index (χ2v) is 9.36. The Morgan fingerprint density at radius 1 is 1.21 bits per heavy atom. The van der Waals surface area contributed by atoms with Crippen LogP contribution in [0.3, 0.4) is 0 Å². The third-order valence-corrected chi connectivity index (χ3v) is 6.72. The summed E-state index contributed by atoms with van der Waals surface area (Å²) in [5, 5.41) is 15.7. The molecule has 1 atom stereocenters. The molecule has 0 spiro atoms. The number of fused-ring (bicyclic) bond motifs is 1. The van der Waals surface area contributed by atoms with Gasteiger partial charge in [-0.3, -0.25) is 14.5 Å². The zero-order valence-corrected chi connectivity index (χ0v) is 20.1. The molecule has 0 unspecified atom stereocenters. The van der Waals surface area contributed by atoms with E-state index in [1.807, 2.05) is 49.6 Å². The maximum Gasteiger partial charge on any atom is 0.305 e. The highest BCUT2D eigenvalue weighted by atomic mass is 35.5. The van der Waals surface area contributed by atoms with E-state index < -0.39 is 5.97 Å². The van der Waals surface area contributed by atoms with Gasteiger partial charge in [-0.2, -0.15) is 5.10 Å². The van der Waals surface area contributed by atoms with Crippen molar-refractivity contribution >= 4 is 40.1 Å². The Morgan fingerprint density at radius 3 is 2.68 bits per heavy atom. The smallest absolute Gasteiger partial charge is 0.305 e. The van der Waals surface area contributed by atoms with Gasteiger partial charge in [0.2, 0.25) is 0 Å². The molecule has 1 N–H and O–H groups in total. The molecule has 4 aromatic rings. The van der Waals surface area contributed by atoms with Crippen molar-refractivity contribution in [3.05, 3.63) is 76.0 Å². The Balaban J connectivity index is 1.51. The number of carbonyl (C=O) groups is 1. The van der Waals surface area contributed by atoms with Crippen molar-refractivity contribution in [1.82, 2.24) is 14.8 Å². The highest BCUT2D eigenvalue weighted by Crippen LogP contribution is 2.47. The van der Waals surface area contributed by atoms with Crippen molar-refractivity contribution in [2.45, 2.75) is 44.8 Å². The number of hydrogen-bond donors (Lipinski definition) is 1. The average molecular weight is 496 g/mol. The maximum atomic E-state index is 10.9. The first-order chi connectivity index (χ1) is 16.4. The predicted molar refractivity (Wildman–Crippen MR) is 133 cm³/mol. The molecule has 1 aliphatic rings. The molecular formula is C26H23Cl2N3O3. The van der Waals surface area contributed by atoms with Crippen LogP contribution in [-0.4, -0.2) is 25.8 Å². The number of nitrogens with zero attached hydrogens (tertiary/aromatic N) is 3. The minimum Gasteiger partial charge on any atom is -0.486 e. The lowest BCUT2D eigenvalue weighted by Gasteiger charge is -2.19. The molecule has 0 aliphatic heterocycles. The standard InChI is InChI=1S/C26H23Cl2N3O3/c1-15(25-20(27)3-2-4-21(25)28)34-17-7-8-22-18(13-17)26(16-5-6-16)19(14-29-22)23-9-11-31(30-23)12-10-24(32)33/h2-4,7-9,11,13-16H,5-6,10,12H2,1H3,(H,32,33)/t15-/m0/s1. The van der Waals surface area contributed by atoms with Crippen LogP contribution in [0.4, 0.5) is 0 Å². The van der Waals surface area contributed by atoms with Crippen LogP contribution in [0.15, 0.2) is 54.9 Å². The Kier molecular flexibility index (Phi) is 6.19. The van der Waals surface area contributed by atoms with Crippen molar-refractivity contribution in [3.8, 4) is 17.0 Å². The number of hydrogen-bond acceptors (Lipinski definition) is 4. The van der Waals surface area contributed by atoms with Crippen LogP contribution in [0.25, 0.3) is 22.2 Å². The first-order valence-electron chi connectivity index (χ1n) is 11.2. The van der Waals surface area contributed by atoms with E-state index >= 15 is 0 Å². The lowest BCUT2D eigenvalue weighted by molar-refractivity contribution is -0.137. The zero-order chi connectivity index (χ0) is 23.8. The molecule has 0 bridgehead atoms. The summed E-state index contributed by atoms with van der Waals surface area (Å²) < 4.78 is 7.92. The molecular weight excluding hydrogens is 473 g/mol. The number of carboxylic acid groups (broad SMARTS) is 1. The maximum absolute atomic E-state index is 10.9. The number of rotatable bonds is 8. The number of aromatic nitrogens is 3. The van der Waals surface area contributed by atoms with Crippen LogP contribution >= 0.6 is 23.2 Å². The fraction of sp³-hybridized carbons (Fsp3) is 0.269. The molecule has 2 aromatic carbocycles. The van der Waals surface area contributed by atoms with E-state index in [9.17, 15) is 4.79 Å². The Morgan fingerprint density at radius 2 is 1.97 bits per heavy atom. The van der Waals surface area contributed by atoms with Gasteiger partial charge in [0.05, 0.1) is 24.2 Å². The molecule has 5 rings (SSSR count). The van der Waals surface area contributed by atoms with Crippen molar-refractivity contribution in [2.24, 2.45) is 0 Å². The number of aryl methyl sites for hydroxylation is 1. The molecule has 1 saturated carbocycles. The Labute approximate surface area is 207 Å². The summed E-state index contributed by atoms with van der Waals surface area (Å²) in [5.41, 5.74) is 4.63. The second-order valence-electron chi connectivity index (χ2n) is 8.54. The topological polar surface area (TPSA) is 77.2 Å². The normalized spacial score (nSPS) is 14.3. The monoisotopic (exact) mass is 495 g/mol. The van der Waals surface area contributed by atoms with Gasteiger partial charge in [-0.15, -0.1) is 0 Å². The van der Waals surface area contributed by atoms with Crippen molar-refractivity contribution < 1.29 is 14.6 Å². The number of carboxylic acids is 1. The van der Waals surface area contributed by atoms with Crippen LogP contribution in [0.1, 0.15) is 49.3 Å². The lowest BCUT2D eigenvalue weighted by atomic mass is 9.97. The molecule has 0 saturated heterocycles. The number of ether oxygens (including phenoxy) is 1. The molecule has 8 heteroatoms. The second kappa shape index (κ2) is 9.28. The summed E-state index contributed by atoms with van der Waals surface area (Å²) in [6.07, 6.45) is 5.61. The summed E-state index contributed by atoms with van der Waals surface area (Å²) in [7, 11) is 0. The van der Waals surface area contributed by atoms with Gasteiger partial charge in [0.15, 0.2) is 0 Å². The Hall–Kier alpha value is -3.09. The van der Waals surface area contributed by atoms with Crippen LogP contribution in [-0.2, 0) is 11.3 Å². The van der Waals surface area contributed by atoms with E-state index in [4.69, 9.17) is 33.0 Å². The van der Waals surface area contributed by atoms with Gasteiger partial charge in [-0.1, -0.05) is 29.3 Å². The molecule has 6 nitrogen and oxygen atoms in total. The van der Waals surface area contributed by atoms with E-state index in [2.05, 4.69) is 10.1 Å². The molecule has 0 amide bonds. The van der Waals surface area contributed by atoms with Gasteiger partial charge < -0.3 is 9.84 Å². The van der Waals surface area contributed by atoms with Gasteiger partial charge >= 0.3 is 5.97 Å². The van der Waals surface area contributed by atoms with Crippen LogP contribution in [0.5, 0.6) is 5.75 Å². The van der Waals surface area contributed by atoms with Gasteiger partial charge in [0.1, 0.15) is 11.9 Å². The minimum absolute atomic E-state index is 0.0287. The molecule has 2 aromatic heterocycles. The summed E-state index contributed by atoms with van der Waals surface area (Å²) >= 11 is 12.8. The summed E-state index contributed by atoms with van der Waals surface area (Å²) in [4.78, 5) is 15.6. The van der Waals surface area contributed by atoms with E-state index in [1.165, 1.54) is 5.56 Å². The van der Waals surface area contributed by atoms with Crippen molar-refractivity contribution in [3.63, 3.8) is 0 Å². The van der Waals surface area contributed by atoms with Gasteiger partial charge in [0, 0.05) is 39.0 Å². The number of benzene rings is 2. The van der Waals surface area contributed by atoms with Crippen LogP contribution in [0, 0.1) is 0 Å². The third-order valence-electron chi connectivity index (χ3n) is 6.06. The van der Waals surface area contributed by atoms with Crippen LogP contribution in [0.2, 0.25) is 10.0 Å². The fourth-order valence-electron chi connectivity index (χ4n) is 4.28. The summed E-state index contributed by atoms with van der Waals surface area (Å²) in [6.45, 7) is 2.26. The predicted octanol–water partition coefficient (Wildman–Crippen LogP) is 6.90. The van der Waals surface area contributed by atoms with E-state index in [1.54, 1.807) is 16.8 Å². The molecule has 0 radical (unpaired) electrons. The number of aliphatic carboxylic acids is 1. The molecule has 2 heterocycles. The van der Waals surface area contributed by atoms with E-state index in [0.717, 1.165) is 40.6 Å². The van der Waals surface area contributed by atoms with Crippen molar-refractivity contribution in [2.75, 3.05) is 0 Å². The van der Waals surface area contributed by atoms with Gasteiger partial charge in [-0.05, 0) is 67.6 Å². The number of pyridine rings is 1. The van der Waals surface area contributed by atoms with Gasteiger partial charge in [0.25, 0.3) is 0 Å². The SMILES string of the molecule is C[C@H](Oc1ccc2ncc(-c3ccn(CCC(=O)O)n3)c(C3CC3)c2c1)c1c(Cl)cccc1Cl. The lowest BCUT2D eigenvalue weighted by Crippen LogP contribution is -2.05. The Bertz CT molecular complexity index is 1360. The van der Waals surface area contributed by atoms with E-state index in [0.29, 0.717) is 28.3 Å². The van der Waals surface area contributed by atoms with Gasteiger partial charge in [-0.25, -0.2) is 0 Å². The van der Waals surface area contributed by atoms with Crippen molar-refractivity contribution in [1.29, 1.82) is 0 Å².